The molecule has 4 rings (SSSR count). The van der Waals surface area contributed by atoms with Gasteiger partial charge < -0.3 is 9.15 Å². The molecule has 132 valence electrons. The number of ether oxygens (including phenoxy) is 1. The van der Waals surface area contributed by atoms with E-state index in [1.54, 1.807) is 23.5 Å². The Morgan fingerprint density at radius 3 is 2.85 bits per heavy atom. The molecule has 26 heavy (non-hydrogen) atoms. The zero-order valence-corrected chi connectivity index (χ0v) is 15.0. The normalized spacial score (nSPS) is 13.7. The van der Waals surface area contributed by atoms with Crippen molar-refractivity contribution < 1.29 is 13.9 Å². The van der Waals surface area contributed by atoms with Gasteiger partial charge in [-0.2, -0.15) is 5.10 Å². The van der Waals surface area contributed by atoms with Crippen LogP contribution >= 0.6 is 11.3 Å². The molecule has 3 aromatic rings. The zero-order chi connectivity index (χ0) is 17.9. The van der Waals surface area contributed by atoms with Gasteiger partial charge in [-0.1, -0.05) is 6.07 Å². The van der Waals surface area contributed by atoms with Crippen LogP contribution in [0, 0.1) is 0 Å². The number of hydrogen-bond donors (Lipinski definition) is 0. The maximum Gasteiger partial charge on any atom is 0.338 e. The average molecular weight is 367 g/mol. The van der Waals surface area contributed by atoms with Gasteiger partial charge in [0.25, 0.3) is 0 Å². The van der Waals surface area contributed by atoms with Crippen LogP contribution in [-0.2, 0) is 11.3 Å². The van der Waals surface area contributed by atoms with Crippen molar-refractivity contribution in [3.8, 4) is 10.8 Å². The molecule has 0 fully saturated rings. The van der Waals surface area contributed by atoms with Crippen LogP contribution in [0.3, 0.4) is 0 Å². The Balaban J connectivity index is 1.36. The third kappa shape index (κ3) is 3.52. The number of benzene rings is 1. The molecule has 0 saturated heterocycles. The highest BCUT2D eigenvalue weighted by molar-refractivity contribution is 7.13. The van der Waals surface area contributed by atoms with Gasteiger partial charge in [-0.3, -0.25) is 5.01 Å². The smallest absolute Gasteiger partial charge is 0.338 e. The minimum Gasteiger partial charge on any atom is -0.455 e. The standard InChI is InChI=1S/C19H17N3O3S/c1-13-8-9-22(21-13)16-6-4-14(5-7-16)19(23)25-12-15-11-24-18(20-15)17-3-2-10-26-17/h2-7,10-11H,8-9,12H2,1H3. The lowest BCUT2D eigenvalue weighted by molar-refractivity contribution is 0.0468. The van der Waals surface area contributed by atoms with Crippen molar-refractivity contribution in [2.75, 3.05) is 11.6 Å². The SMILES string of the molecule is CC1=NN(c2ccc(C(=O)OCc3coc(-c4cccs4)n3)cc2)CC1. The lowest BCUT2D eigenvalue weighted by Crippen LogP contribution is -2.12. The first-order valence-electron chi connectivity index (χ1n) is 8.26. The Kier molecular flexibility index (Phi) is 4.53. The third-order valence-corrected chi connectivity index (χ3v) is 4.87. The molecule has 0 atom stereocenters. The molecule has 0 aliphatic carbocycles. The van der Waals surface area contributed by atoms with Crippen LogP contribution in [0.4, 0.5) is 5.69 Å². The maximum absolute atomic E-state index is 12.2. The molecule has 0 bridgehead atoms. The van der Waals surface area contributed by atoms with Crippen molar-refractivity contribution in [2.45, 2.75) is 20.0 Å². The summed E-state index contributed by atoms with van der Waals surface area (Å²) < 4.78 is 10.7. The number of carbonyl (C=O) groups excluding carboxylic acids is 1. The first kappa shape index (κ1) is 16.5. The van der Waals surface area contributed by atoms with Crippen molar-refractivity contribution in [2.24, 2.45) is 5.10 Å². The highest BCUT2D eigenvalue weighted by Crippen LogP contribution is 2.24. The molecule has 1 aromatic carbocycles. The zero-order valence-electron chi connectivity index (χ0n) is 14.2. The predicted molar refractivity (Wildman–Crippen MR) is 100 cm³/mol. The Morgan fingerprint density at radius 1 is 1.31 bits per heavy atom. The van der Waals surface area contributed by atoms with Crippen LogP contribution in [0.25, 0.3) is 10.8 Å². The maximum atomic E-state index is 12.2. The second-order valence-corrected chi connectivity index (χ2v) is 6.90. The molecule has 0 unspecified atom stereocenters. The van der Waals surface area contributed by atoms with E-state index >= 15 is 0 Å². The highest BCUT2D eigenvalue weighted by atomic mass is 32.1. The van der Waals surface area contributed by atoms with E-state index in [1.165, 1.54) is 6.26 Å². The van der Waals surface area contributed by atoms with Gasteiger partial charge in [-0.05, 0) is 42.6 Å². The number of rotatable bonds is 5. The number of esters is 1. The summed E-state index contributed by atoms with van der Waals surface area (Å²) in [6.07, 6.45) is 2.48. The van der Waals surface area contributed by atoms with E-state index in [0.717, 1.165) is 29.2 Å². The van der Waals surface area contributed by atoms with Gasteiger partial charge in [0.15, 0.2) is 0 Å². The first-order valence-corrected chi connectivity index (χ1v) is 9.14. The quantitative estimate of drug-likeness (QED) is 0.627. The molecule has 1 aliphatic rings. The summed E-state index contributed by atoms with van der Waals surface area (Å²) in [7, 11) is 0. The van der Waals surface area contributed by atoms with Crippen LogP contribution in [0.15, 0.2) is 57.6 Å². The topological polar surface area (TPSA) is 67.9 Å². The van der Waals surface area contributed by atoms with Crippen molar-refractivity contribution in [1.82, 2.24) is 4.98 Å². The lowest BCUT2D eigenvalue weighted by Gasteiger charge is -2.13. The fourth-order valence-corrected chi connectivity index (χ4v) is 3.30. The number of hydrazone groups is 1. The molecular weight excluding hydrogens is 350 g/mol. The molecule has 0 spiro atoms. The number of anilines is 1. The van der Waals surface area contributed by atoms with E-state index in [0.29, 0.717) is 17.1 Å². The molecule has 3 heterocycles. The fraction of sp³-hybridized carbons (Fsp3) is 0.211. The number of nitrogens with zero attached hydrogens (tertiary/aromatic N) is 3. The van der Waals surface area contributed by atoms with Crippen molar-refractivity contribution in [3.05, 3.63) is 59.3 Å². The number of hydrogen-bond acceptors (Lipinski definition) is 7. The summed E-state index contributed by atoms with van der Waals surface area (Å²) in [6.45, 7) is 2.96. The van der Waals surface area contributed by atoms with Gasteiger partial charge in [0.2, 0.25) is 5.89 Å². The molecule has 7 heteroatoms. The van der Waals surface area contributed by atoms with Crippen LogP contribution in [0.2, 0.25) is 0 Å². The Labute approximate surface area is 154 Å². The van der Waals surface area contributed by atoms with Crippen LogP contribution in [0.1, 0.15) is 29.4 Å². The molecule has 0 N–H and O–H groups in total. The van der Waals surface area contributed by atoms with Crippen molar-refractivity contribution in [1.29, 1.82) is 0 Å². The first-order chi connectivity index (χ1) is 12.7. The van der Waals surface area contributed by atoms with Crippen LogP contribution in [-0.4, -0.2) is 23.2 Å². The third-order valence-electron chi connectivity index (χ3n) is 4.01. The molecule has 0 amide bonds. The monoisotopic (exact) mass is 367 g/mol. The predicted octanol–water partition coefficient (Wildman–Crippen LogP) is 4.35. The summed E-state index contributed by atoms with van der Waals surface area (Å²) in [4.78, 5) is 17.5. The van der Waals surface area contributed by atoms with Gasteiger partial charge in [0.1, 0.15) is 18.6 Å². The number of thiophene rings is 1. The number of aromatic nitrogens is 1. The molecular formula is C19H17N3O3S. The van der Waals surface area contributed by atoms with E-state index in [-0.39, 0.29) is 6.61 Å². The number of carbonyl (C=O) groups is 1. The van der Waals surface area contributed by atoms with Crippen LogP contribution in [0.5, 0.6) is 0 Å². The minimum absolute atomic E-state index is 0.0745. The van der Waals surface area contributed by atoms with E-state index in [4.69, 9.17) is 9.15 Å². The fourth-order valence-electron chi connectivity index (χ4n) is 2.64. The van der Waals surface area contributed by atoms with E-state index in [1.807, 2.05) is 41.6 Å². The number of oxazole rings is 1. The molecule has 1 aliphatic heterocycles. The van der Waals surface area contributed by atoms with Gasteiger partial charge in [0, 0.05) is 18.7 Å². The summed E-state index contributed by atoms with van der Waals surface area (Å²) >= 11 is 1.55. The van der Waals surface area contributed by atoms with Gasteiger partial charge >= 0.3 is 5.97 Å². The van der Waals surface area contributed by atoms with Gasteiger partial charge in [0.05, 0.1) is 16.1 Å². The largest absolute Gasteiger partial charge is 0.455 e. The van der Waals surface area contributed by atoms with Crippen molar-refractivity contribution >= 4 is 28.7 Å². The average Bonchev–Trinajstić information content (AvgIpc) is 3.41. The Morgan fingerprint density at radius 2 is 2.15 bits per heavy atom. The Bertz CT molecular complexity index is 929. The Hall–Kier alpha value is -2.93. The minimum atomic E-state index is -0.390. The van der Waals surface area contributed by atoms with Gasteiger partial charge in [-0.25, -0.2) is 9.78 Å². The summed E-state index contributed by atoms with van der Waals surface area (Å²) in [5.74, 6) is 0.148. The summed E-state index contributed by atoms with van der Waals surface area (Å²) in [6, 6.07) is 11.1. The molecule has 2 aromatic heterocycles. The molecule has 0 radical (unpaired) electrons. The summed E-state index contributed by atoms with van der Waals surface area (Å²) in [5.41, 5.74) is 3.16. The van der Waals surface area contributed by atoms with Gasteiger partial charge in [-0.15, -0.1) is 11.3 Å². The highest BCUT2D eigenvalue weighted by Gasteiger charge is 2.15. The second kappa shape index (κ2) is 7.13. The molecule has 0 saturated carbocycles. The van der Waals surface area contributed by atoms with E-state index < -0.39 is 5.97 Å². The lowest BCUT2D eigenvalue weighted by atomic mass is 10.2. The second-order valence-electron chi connectivity index (χ2n) is 5.95. The van der Waals surface area contributed by atoms with Crippen LogP contribution < -0.4 is 5.01 Å². The van der Waals surface area contributed by atoms with E-state index in [2.05, 4.69) is 10.1 Å². The summed E-state index contributed by atoms with van der Waals surface area (Å²) in [5, 5.41) is 8.34. The molecule has 6 nitrogen and oxygen atoms in total. The van der Waals surface area contributed by atoms with E-state index in [9.17, 15) is 4.79 Å². The van der Waals surface area contributed by atoms with Crippen molar-refractivity contribution in [3.63, 3.8) is 0 Å².